The summed E-state index contributed by atoms with van der Waals surface area (Å²) in [6, 6.07) is -0.584. The van der Waals surface area contributed by atoms with E-state index in [1.807, 2.05) is 67.5 Å². The molecule has 0 aromatic heterocycles. The van der Waals surface area contributed by atoms with E-state index >= 15 is 0 Å². The molecule has 0 aromatic carbocycles. The number of hydrogen-bond acceptors (Lipinski definition) is 5. The van der Waals surface area contributed by atoms with E-state index in [0.717, 1.165) is 6.42 Å². The predicted octanol–water partition coefficient (Wildman–Crippen LogP) is 4.49. The summed E-state index contributed by atoms with van der Waals surface area (Å²) < 4.78 is 5.17. The Balaban J connectivity index is -0.000000502. The van der Waals surface area contributed by atoms with Crippen LogP contribution in [0.1, 0.15) is 82.1 Å². The van der Waals surface area contributed by atoms with Gasteiger partial charge in [0.25, 0.3) is 0 Å². The van der Waals surface area contributed by atoms with Crippen LogP contribution in [0.25, 0.3) is 0 Å². The lowest BCUT2D eigenvalue weighted by Crippen LogP contribution is -2.52. The van der Waals surface area contributed by atoms with E-state index in [-0.39, 0.29) is 48.1 Å². The summed E-state index contributed by atoms with van der Waals surface area (Å²) in [5, 5.41) is 11.5. The Bertz CT molecular complexity index is 512. The highest BCUT2D eigenvalue weighted by Gasteiger charge is 2.28. The Morgan fingerprint density at radius 1 is 0.969 bits per heavy atom. The number of Topliss-reactive ketones (excluding diaryl/α,β-unsaturated/α-hetero) is 1. The Morgan fingerprint density at radius 2 is 1.44 bits per heavy atom. The van der Waals surface area contributed by atoms with Gasteiger partial charge in [0.15, 0.2) is 5.78 Å². The summed E-state index contributed by atoms with van der Waals surface area (Å²) >= 11 is 0. The van der Waals surface area contributed by atoms with Gasteiger partial charge < -0.3 is 15.2 Å². The average Bonchev–Trinajstić information content (AvgIpc) is 2.69. The minimum Gasteiger partial charge on any atom is -0.481 e. The number of carbonyl (C=O) groups excluding carboxylic acids is 2. The van der Waals surface area contributed by atoms with E-state index in [1.165, 1.54) is 6.92 Å². The Kier molecular flexibility index (Phi) is 20.9. The molecule has 7 nitrogen and oxygen atoms in total. The van der Waals surface area contributed by atoms with Gasteiger partial charge in [-0.05, 0) is 44.7 Å². The summed E-state index contributed by atoms with van der Waals surface area (Å²) in [5.74, 6) is 0.280. The number of aliphatic carboxylic acids is 1. The number of nitrogens with zero attached hydrogens (tertiary/aromatic N) is 1. The van der Waals surface area contributed by atoms with Crippen LogP contribution >= 0.6 is 0 Å². The number of ketones is 1. The number of nitrogens with one attached hydrogen (secondary N) is 1. The second-order valence-corrected chi connectivity index (χ2v) is 9.11. The summed E-state index contributed by atoms with van der Waals surface area (Å²) in [6.07, 6.45) is 0.996. The van der Waals surface area contributed by atoms with E-state index in [4.69, 9.17) is 9.84 Å². The van der Waals surface area contributed by atoms with Gasteiger partial charge in [0, 0.05) is 7.11 Å². The molecule has 0 saturated heterocycles. The molecule has 7 heteroatoms. The molecular weight excluding hydrogens is 408 g/mol. The van der Waals surface area contributed by atoms with Crippen LogP contribution in [0.2, 0.25) is 0 Å². The average molecular weight is 461 g/mol. The third-order valence-electron chi connectivity index (χ3n) is 5.67. The molecule has 0 aliphatic carbocycles. The van der Waals surface area contributed by atoms with E-state index in [9.17, 15) is 14.4 Å². The van der Waals surface area contributed by atoms with Crippen LogP contribution in [0, 0.1) is 23.7 Å². The van der Waals surface area contributed by atoms with Crippen molar-refractivity contribution in [3.05, 3.63) is 0 Å². The normalized spacial score (nSPS) is 15.5. The van der Waals surface area contributed by atoms with Crippen molar-refractivity contribution in [3.8, 4) is 0 Å². The quantitative estimate of drug-likeness (QED) is 0.445. The Labute approximate surface area is 197 Å². The van der Waals surface area contributed by atoms with Crippen LogP contribution in [0.4, 0.5) is 0 Å². The lowest BCUT2D eigenvalue weighted by molar-refractivity contribution is -0.141. The fourth-order valence-corrected chi connectivity index (χ4v) is 3.50. The van der Waals surface area contributed by atoms with Crippen molar-refractivity contribution in [2.24, 2.45) is 23.7 Å². The highest BCUT2D eigenvalue weighted by Crippen LogP contribution is 2.22. The van der Waals surface area contributed by atoms with Gasteiger partial charge in [-0.15, -0.1) is 0 Å². The number of carbonyl (C=O) groups is 3. The first-order chi connectivity index (χ1) is 14.7. The minimum absolute atomic E-state index is 0.00890. The number of methoxy groups -OCH3 is 1. The van der Waals surface area contributed by atoms with Crippen molar-refractivity contribution >= 4 is 17.7 Å². The van der Waals surface area contributed by atoms with Crippen LogP contribution in [0.15, 0.2) is 0 Å². The van der Waals surface area contributed by atoms with Crippen molar-refractivity contribution in [2.75, 3.05) is 21.2 Å². The second-order valence-electron chi connectivity index (χ2n) is 9.11. The maximum Gasteiger partial charge on any atom is 0.305 e. The fraction of sp³-hybridized carbons (Fsp3) is 0.880. The molecule has 0 heterocycles. The highest BCUT2D eigenvalue weighted by molar-refractivity contribution is 5.89. The summed E-state index contributed by atoms with van der Waals surface area (Å²) in [7, 11) is 5.33. The summed E-state index contributed by atoms with van der Waals surface area (Å²) in [5.41, 5.74) is 0. The number of ether oxygens (including phenoxy) is 1. The van der Waals surface area contributed by atoms with Crippen molar-refractivity contribution < 1.29 is 24.2 Å². The number of carboxylic acid groups (broad SMARTS) is 1. The number of rotatable bonds is 12. The zero-order valence-electron chi connectivity index (χ0n) is 23.0. The van der Waals surface area contributed by atoms with Gasteiger partial charge in [0.2, 0.25) is 5.91 Å². The highest BCUT2D eigenvalue weighted by atomic mass is 16.5. The zero-order valence-corrected chi connectivity index (χ0v) is 23.0. The molecule has 5 atom stereocenters. The van der Waals surface area contributed by atoms with Gasteiger partial charge in [-0.25, -0.2) is 0 Å². The van der Waals surface area contributed by atoms with E-state index < -0.39 is 5.97 Å². The molecule has 0 aromatic rings. The third-order valence-corrected chi connectivity index (χ3v) is 5.67. The van der Waals surface area contributed by atoms with Crippen LogP contribution in [-0.2, 0) is 19.1 Å². The topological polar surface area (TPSA) is 95.9 Å². The molecule has 0 spiro atoms. The summed E-state index contributed by atoms with van der Waals surface area (Å²) in [4.78, 5) is 36.0. The maximum atomic E-state index is 12.1. The van der Waals surface area contributed by atoms with Gasteiger partial charge in [-0.2, -0.15) is 0 Å². The third kappa shape index (κ3) is 14.6. The molecule has 0 aliphatic heterocycles. The first kappa shape index (κ1) is 35.1. The molecule has 192 valence electrons. The maximum absolute atomic E-state index is 12.1. The lowest BCUT2D eigenvalue weighted by atomic mass is 9.87. The molecular formula is C25H52N2O5. The second kappa shape index (κ2) is 19.0. The fourth-order valence-electron chi connectivity index (χ4n) is 3.50. The monoisotopic (exact) mass is 460 g/mol. The van der Waals surface area contributed by atoms with Crippen LogP contribution in [-0.4, -0.2) is 67.1 Å². The van der Waals surface area contributed by atoms with Crippen molar-refractivity contribution in [1.29, 1.82) is 0 Å². The number of likely N-dealkylation sites (N-methyl/N-ethyl adjacent to an activating group) is 1. The van der Waals surface area contributed by atoms with Crippen molar-refractivity contribution in [3.63, 3.8) is 0 Å². The number of carboxylic acids is 1. The number of hydrogen-bond donors (Lipinski definition) is 2. The molecule has 1 amide bonds. The molecule has 0 aliphatic rings. The SMILES string of the molecule is CC.CC(=O)[C@@H](NC(=O)C(C(C)C)N(C)C)C(C)C.CCC(C)C(C)C(CC(=O)O)OC. The first-order valence-electron chi connectivity index (χ1n) is 11.9. The summed E-state index contributed by atoms with van der Waals surface area (Å²) in [6.45, 7) is 19.7. The molecule has 4 unspecified atom stereocenters. The predicted molar refractivity (Wildman–Crippen MR) is 133 cm³/mol. The first-order valence-corrected chi connectivity index (χ1v) is 11.9. The number of amides is 1. The van der Waals surface area contributed by atoms with Gasteiger partial charge in [0.05, 0.1) is 24.6 Å². The molecule has 0 fully saturated rings. The van der Waals surface area contributed by atoms with Gasteiger partial charge in [-0.3, -0.25) is 19.3 Å². The van der Waals surface area contributed by atoms with E-state index in [2.05, 4.69) is 19.2 Å². The van der Waals surface area contributed by atoms with Crippen molar-refractivity contribution in [2.45, 2.75) is 100 Å². The smallest absolute Gasteiger partial charge is 0.305 e. The lowest BCUT2D eigenvalue weighted by Gasteiger charge is -2.29. The van der Waals surface area contributed by atoms with E-state index in [0.29, 0.717) is 11.8 Å². The Hall–Kier alpha value is -1.47. The largest absolute Gasteiger partial charge is 0.481 e. The van der Waals surface area contributed by atoms with Crippen molar-refractivity contribution in [1.82, 2.24) is 10.2 Å². The minimum atomic E-state index is -0.790. The molecule has 0 saturated carbocycles. The van der Waals surface area contributed by atoms with E-state index in [1.54, 1.807) is 7.11 Å². The van der Waals surface area contributed by atoms with Crippen LogP contribution in [0.5, 0.6) is 0 Å². The molecule has 2 N–H and O–H groups in total. The standard InChI is InChI=1S/C13H26N2O2.C10H20O3.C2H6/c1-8(2)11(10(5)16)14-13(17)12(9(3)4)15(6)7;1-5-7(2)8(3)9(13-4)6-10(11)12;1-2/h8-9,11-12H,1-7H3,(H,14,17);7-9H,5-6H2,1-4H3,(H,11,12);1-2H3/t11-,12?;;/m0../s1. The van der Waals surface area contributed by atoms with Gasteiger partial charge >= 0.3 is 5.97 Å². The van der Waals surface area contributed by atoms with Gasteiger partial charge in [0.1, 0.15) is 0 Å². The zero-order chi connectivity index (χ0) is 26.2. The molecule has 0 bridgehead atoms. The van der Waals surface area contributed by atoms with Crippen LogP contribution in [0.3, 0.4) is 0 Å². The molecule has 0 radical (unpaired) electrons. The van der Waals surface area contributed by atoms with Crippen LogP contribution < -0.4 is 5.32 Å². The molecule has 0 rings (SSSR count). The van der Waals surface area contributed by atoms with Gasteiger partial charge in [-0.1, -0.05) is 68.7 Å². The Morgan fingerprint density at radius 3 is 1.69 bits per heavy atom. The molecule has 32 heavy (non-hydrogen) atoms.